The highest BCUT2D eigenvalue weighted by Gasteiger charge is 2.23. The van der Waals surface area contributed by atoms with Gasteiger partial charge >= 0.3 is 0 Å². The number of nitrogens with one attached hydrogen (secondary N) is 2. The molecule has 0 saturated carbocycles. The Labute approximate surface area is 122 Å². The van der Waals surface area contributed by atoms with E-state index in [1.165, 1.54) is 6.08 Å². The number of anilines is 1. The fraction of sp³-hybridized carbons (Fsp3) is 0.231. The maximum Gasteiger partial charge on any atom is 0.251 e. The van der Waals surface area contributed by atoms with E-state index in [2.05, 4.69) is 10.6 Å². The van der Waals surface area contributed by atoms with Crippen molar-refractivity contribution in [2.75, 3.05) is 18.0 Å². The van der Waals surface area contributed by atoms with Crippen LogP contribution in [-0.4, -0.2) is 38.6 Å². The number of nitrogen functional groups attached to an aromatic ring is 1. The Morgan fingerprint density at radius 2 is 1.90 bits per heavy atom. The molecule has 2 amide bonds. The van der Waals surface area contributed by atoms with Gasteiger partial charge in [-0.3, -0.25) is 9.59 Å². The van der Waals surface area contributed by atoms with Gasteiger partial charge in [0.1, 0.15) is 0 Å². The molecule has 112 valence electrons. The Morgan fingerprint density at radius 3 is 2.48 bits per heavy atom. The molecule has 0 aromatic heterocycles. The van der Waals surface area contributed by atoms with Gasteiger partial charge in [0.05, 0.1) is 18.3 Å². The van der Waals surface area contributed by atoms with E-state index in [9.17, 15) is 18.0 Å². The van der Waals surface area contributed by atoms with E-state index < -0.39 is 27.7 Å². The third-order valence-corrected chi connectivity index (χ3v) is 4.25. The van der Waals surface area contributed by atoms with Gasteiger partial charge in [-0.2, -0.15) is 0 Å². The van der Waals surface area contributed by atoms with Crippen LogP contribution in [-0.2, 0) is 14.6 Å². The van der Waals surface area contributed by atoms with Crippen molar-refractivity contribution in [3.8, 4) is 0 Å². The molecule has 1 heterocycles. The summed E-state index contributed by atoms with van der Waals surface area (Å²) in [4.78, 5) is 23.4. The fourth-order valence-electron chi connectivity index (χ4n) is 1.82. The molecular weight excluding hydrogens is 294 g/mol. The summed E-state index contributed by atoms with van der Waals surface area (Å²) in [5.41, 5.74) is 6.44. The first-order valence-electron chi connectivity index (χ1n) is 6.20. The maximum atomic E-state index is 11.8. The number of amides is 2. The molecule has 0 aliphatic carbocycles. The lowest BCUT2D eigenvalue weighted by Crippen LogP contribution is -2.42. The monoisotopic (exact) mass is 309 g/mol. The second-order valence-corrected chi connectivity index (χ2v) is 6.57. The molecular formula is C13H15N3O4S. The van der Waals surface area contributed by atoms with E-state index in [0.717, 1.165) is 5.41 Å². The molecule has 1 atom stereocenters. The smallest absolute Gasteiger partial charge is 0.251 e. The Morgan fingerprint density at radius 1 is 1.24 bits per heavy atom. The molecule has 4 N–H and O–H groups in total. The molecule has 2 rings (SSSR count). The van der Waals surface area contributed by atoms with Crippen molar-refractivity contribution in [1.82, 2.24) is 10.6 Å². The standard InChI is InChI=1S/C13H15N3O4S/c14-10-3-1-9(2-4-10)13(18)15-7-12(17)16-11-5-6-21(19,20)8-11/h1-6,11H,7-8,14H2,(H,15,18)(H,16,17). The minimum absolute atomic E-state index is 0.148. The van der Waals surface area contributed by atoms with Crippen LogP contribution < -0.4 is 16.4 Å². The summed E-state index contributed by atoms with van der Waals surface area (Å²) in [7, 11) is -3.21. The predicted octanol–water partition coefficient (Wildman–Crippen LogP) is -0.574. The van der Waals surface area contributed by atoms with Gasteiger partial charge in [0.25, 0.3) is 5.91 Å². The lowest BCUT2D eigenvalue weighted by molar-refractivity contribution is -0.120. The molecule has 0 radical (unpaired) electrons. The van der Waals surface area contributed by atoms with Gasteiger partial charge < -0.3 is 16.4 Å². The van der Waals surface area contributed by atoms with E-state index in [0.29, 0.717) is 11.3 Å². The van der Waals surface area contributed by atoms with Crippen molar-refractivity contribution < 1.29 is 18.0 Å². The van der Waals surface area contributed by atoms with Gasteiger partial charge in [-0.1, -0.05) is 0 Å². The highest BCUT2D eigenvalue weighted by Crippen LogP contribution is 2.07. The summed E-state index contributed by atoms with van der Waals surface area (Å²) < 4.78 is 22.4. The highest BCUT2D eigenvalue weighted by molar-refractivity contribution is 7.94. The van der Waals surface area contributed by atoms with Gasteiger partial charge in [-0.15, -0.1) is 0 Å². The number of carbonyl (C=O) groups is 2. The van der Waals surface area contributed by atoms with Crippen LogP contribution in [0.2, 0.25) is 0 Å². The maximum absolute atomic E-state index is 11.8. The molecule has 8 heteroatoms. The first-order chi connectivity index (χ1) is 9.85. The second-order valence-electron chi connectivity index (χ2n) is 4.64. The van der Waals surface area contributed by atoms with Gasteiger partial charge in [-0.25, -0.2) is 8.42 Å². The van der Waals surface area contributed by atoms with Gasteiger partial charge in [0, 0.05) is 16.7 Å². The molecule has 21 heavy (non-hydrogen) atoms. The summed E-state index contributed by atoms with van der Waals surface area (Å²) in [5, 5.41) is 6.03. The van der Waals surface area contributed by atoms with E-state index in [1.54, 1.807) is 24.3 Å². The summed E-state index contributed by atoms with van der Waals surface area (Å²) in [5.74, 6) is -1.00. The number of sulfone groups is 1. The predicted molar refractivity (Wildman–Crippen MR) is 78.0 cm³/mol. The molecule has 1 aliphatic rings. The van der Waals surface area contributed by atoms with Crippen LogP contribution in [0.5, 0.6) is 0 Å². The van der Waals surface area contributed by atoms with Crippen molar-refractivity contribution in [2.45, 2.75) is 6.04 Å². The van der Waals surface area contributed by atoms with Crippen molar-refractivity contribution >= 4 is 27.3 Å². The van der Waals surface area contributed by atoms with Crippen LogP contribution in [0.15, 0.2) is 35.7 Å². The Hall–Kier alpha value is -2.35. The third kappa shape index (κ3) is 4.32. The molecule has 0 fully saturated rings. The summed E-state index contributed by atoms with van der Waals surface area (Å²) in [6.07, 6.45) is 1.41. The number of hydrogen-bond donors (Lipinski definition) is 3. The average molecular weight is 309 g/mol. The summed E-state index contributed by atoms with van der Waals surface area (Å²) >= 11 is 0. The Balaban J connectivity index is 1.80. The molecule has 1 aliphatic heterocycles. The minimum atomic E-state index is -3.21. The van der Waals surface area contributed by atoms with E-state index >= 15 is 0 Å². The van der Waals surface area contributed by atoms with Crippen LogP contribution in [0.1, 0.15) is 10.4 Å². The number of nitrogens with two attached hydrogens (primary N) is 1. The normalized spacial score (nSPS) is 19.1. The summed E-state index contributed by atoms with van der Waals surface area (Å²) in [6, 6.07) is 5.73. The van der Waals surface area contributed by atoms with Crippen molar-refractivity contribution in [2.24, 2.45) is 0 Å². The van der Waals surface area contributed by atoms with Crippen molar-refractivity contribution in [3.05, 3.63) is 41.3 Å². The second kappa shape index (κ2) is 5.96. The van der Waals surface area contributed by atoms with Gasteiger partial charge in [0.2, 0.25) is 5.91 Å². The SMILES string of the molecule is Nc1ccc(C(=O)NCC(=O)NC2C=CS(=O)(=O)C2)cc1. The average Bonchev–Trinajstić information content (AvgIpc) is 2.76. The Kier molecular flexibility index (Phi) is 4.27. The number of hydrogen-bond acceptors (Lipinski definition) is 5. The van der Waals surface area contributed by atoms with Gasteiger partial charge in [0.15, 0.2) is 9.84 Å². The van der Waals surface area contributed by atoms with Crippen molar-refractivity contribution in [3.63, 3.8) is 0 Å². The lowest BCUT2D eigenvalue weighted by Gasteiger charge is -2.10. The number of benzene rings is 1. The zero-order valence-corrected chi connectivity index (χ0v) is 11.9. The molecule has 1 aromatic rings. The van der Waals surface area contributed by atoms with E-state index in [4.69, 9.17) is 5.73 Å². The van der Waals surface area contributed by atoms with Crippen LogP contribution >= 0.6 is 0 Å². The molecule has 0 saturated heterocycles. The third-order valence-electron chi connectivity index (χ3n) is 2.86. The highest BCUT2D eigenvalue weighted by atomic mass is 32.2. The van der Waals surface area contributed by atoms with Crippen molar-refractivity contribution in [1.29, 1.82) is 0 Å². The van der Waals surface area contributed by atoms with E-state index in [1.807, 2.05) is 0 Å². The number of rotatable bonds is 4. The quantitative estimate of drug-likeness (QED) is 0.643. The van der Waals surface area contributed by atoms with Gasteiger partial charge in [-0.05, 0) is 30.3 Å². The minimum Gasteiger partial charge on any atom is -0.399 e. The lowest BCUT2D eigenvalue weighted by atomic mass is 10.2. The number of carbonyl (C=O) groups excluding carboxylic acids is 2. The first-order valence-corrected chi connectivity index (χ1v) is 7.91. The largest absolute Gasteiger partial charge is 0.399 e. The molecule has 1 aromatic carbocycles. The molecule has 7 nitrogen and oxygen atoms in total. The topological polar surface area (TPSA) is 118 Å². The fourth-order valence-corrected chi connectivity index (χ4v) is 3.06. The van der Waals surface area contributed by atoms with Crippen LogP contribution in [0.3, 0.4) is 0 Å². The van der Waals surface area contributed by atoms with Crippen LogP contribution in [0.4, 0.5) is 5.69 Å². The summed E-state index contributed by atoms with van der Waals surface area (Å²) in [6.45, 7) is -0.229. The molecule has 0 spiro atoms. The zero-order valence-electron chi connectivity index (χ0n) is 11.1. The zero-order chi connectivity index (χ0) is 15.5. The molecule has 1 unspecified atom stereocenters. The van der Waals surface area contributed by atoms with Crippen LogP contribution in [0, 0.1) is 0 Å². The van der Waals surface area contributed by atoms with E-state index in [-0.39, 0.29) is 12.3 Å². The van der Waals surface area contributed by atoms with Crippen LogP contribution in [0.25, 0.3) is 0 Å². The Bertz CT molecular complexity index is 680. The molecule has 0 bridgehead atoms. The first kappa shape index (κ1) is 15.0.